The number of piperazine rings is 1. The van der Waals surface area contributed by atoms with Gasteiger partial charge in [-0.2, -0.15) is 0 Å². The van der Waals surface area contributed by atoms with E-state index in [2.05, 4.69) is 0 Å². The third-order valence-electron chi connectivity index (χ3n) is 6.02. The molecule has 1 saturated heterocycles. The number of aromatic nitrogens is 1. The van der Waals surface area contributed by atoms with E-state index in [0.29, 0.717) is 31.8 Å². The first-order chi connectivity index (χ1) is 14.5. The van der Waals surface area contributed by atoms with Crippen LogP contribution in [0.4, 0.5) is 4.79 Å². The molecule has 1 aromatic heterocycles. The Bertz CT molecular complexity index is 978. The minimum Gasteiger partial charge on any atom is -0.449 e. The average Bonchev–Trinajstić information content (AvgIpc) is 2.76. The van der Waals surface area contributed by atoms with Gasteiger partial charge in [-0.15, -0.1) is 0 Å². The molecule has 0 N–H and O–H groups in total. The molecule has 1 fully saturated rings. The number of halogens is 1. The Hall–Kier alpha value is -2.34. The third-order valence-corrected chi connectivity index (χ3v) is 6.45. The molecule has 0 spiro atoms. The van der Waals surface area contributed by atoms with Crippen molar-refractivity contribution in [1.82, 2.24) is 14.8 Å². The van der Waals surface area contributed by atoms with E-state index in [0.717, 1.165) is 59.3 Å². The van der Waals surface area contributed by atoms with E-state index in [9.17, 15) is 9.59 Å². The second-order valence-corrected chi connectivity index (χ2v) is 8.58. The maximum absolute atomic E-state index is 13.2. The van der Waals surface area contributed by atoms with Crippen LogP contribution in [0.15, 0.2) is 18.2 Å². The second kappa shape index (κ2) is 8.80. The van der Waals surface area contributed by atoms with Crippen molar-refractivity contribution >= 4 is 34.5 Å². The molecule has 1 aliphatic heterocycles. The molecule has 160 valence electrons. The van der Waals surface area contributed by atoms with Crippen molar-refractivity contribution in [2.24, 2.45) is 0 Å². The number of carbonyl (C=O) groups is 2. The number of pyridine rings is 1. The Kier molecular flexibility index (Phi) is 6.14. The molecular weight excluding hydrogens is 402 g/mol. The van der Waals surface area contributed by atoms with Gasteiger partial charge in [0.05, 0.1) is 17.1 Å². The van der Waals surface area contributed by atoms with E-state index < -0.39 is 0 Å². The fraction of sp³-hybridized carbons (Fsp3) is 0.522. The number of aryl methyl sites for hydroxylation is 1. The molecule has 2 amide bonds. The summed E-state index contributed by atoms with van der Waals surface area (Å²) < 4.78 is 5.23. The number of carbonyl (C=O) groups excluding carboxylic acids is 2. The smallest absolute Gasteiger partial charge is 0.409 e. The first kappa shape index (κ1) is 20.9. The van der Waals surface area contributed by atoms with Gasteiger partial charge in [-0.1, -0.05) is 24.6 Å². The highest BCUT2D eigenvalue weighted by Crippen LogP contribution is 2.33. The van der Waals surface area contributed by atoms with Crippen LogP contribution < -0.4 is 0 Å². The van der Waals surface area contributed by atoms with E-state index in [4.69, 9.17) is 21.3 Å². The molecule has 0 radical (unpaired) electrons. The number of amides is 2. The summed E-state index contributed by atoms with van der Waals surface area (Å²) in [6.45, 7) is 5.78. The van der Waals surface area contributed by atoms with Gasteiger partial charge >= 0.3 is 6.09 Å². The quantitative estimate of drug-likeness (QED) is 0.722. The topological polar surface area (TPSA) is 62.7 Å². The molecule has 2 aliphatic rings. The van der Waals surface area contributed by atoms with Gasteiger partial charge in [-0.25, -0.2) is 4.79 Å². The van der Waals surface area contributed by atoms with Gasteiger partial charge < -0.3 is 14.5 Å². The highest BCUT2D eigenvalue weighted by atomic mass is 35.5. The number of ether oxygens (including phenoxy) is 1. The monoisotopic (exact) mass is 429 g/mol. The van der Waals surface area contributed by atoms with E-state index >= 15 is 0 Å². The number of rotatable bonds is 3. The van der Waals surface area contributed by atoms with Crippen molar-refractivity contribution < 1.29 is 14.3 Å². The molecular formula is C23H28ClN3O3. The van der Waals surface area contributed by atoms with E-state index in [1.165, 1.54) is 0 Å². The molecule has 4 rings (SSSR count). The first-order valence-electron chi connectivity index (χ1n) is 10.8. The highest BCUT2D eigenvalue weighted by molar-refractivity contribution is 6.36. The van der Waals surface area contributed by atoms with Crippen LogP contribution in [0.2, 0.25) is 5.02 Å². The summed E-state index contributed by atoms with van der Waals surface area (Å²) in [6, 6.07) is 5.52. The lowest BCUT2D eigenvalue weighted by molar-refractivity contribution is 0.0414. The van der Waals surface area contributed by atoms with Gasteiger partial charge in [0.2, 0.25) is 0 Å². The number of nitrogens with zero attached hydrogens (tertiary/aromatic N) is 3. The zero-order valence-corrected chi connectivity index (χ0v) is 18.4. The summed E-state index contributed by atoms with van der Waals surface area (Å²) in [5.74, 6) is -0.0402. The van der Waals surface area contributed by atoms with Gasteiger partial charge in [0.15, 0.2) is 0 Å². The minimum atomic E-state index is -0.301. The van der Waals surface area contributed by atoms with Crippen molar-refractivity contribution in [1.29, 1.82) is 0 Å². The molecule has 1 aromatic carbocycles. The molecule has 2 aromatic rings. The third kappa shape index (κ3) is 3.97. The molecule has 1 atom stereocenters. The number of fused-ring (bicyclic) bond motifs is 2. The Morgan fingerprint density at radius 2 is 2.03 bits per heavy atom. The van der Waals surface area contributed by atoms with Crippen molar-refractivity contribution in [2.45, 2.75) is 52.0 Å². The van der Waals surface area contributed by atoms with Crippen LogP contribution in [0.1, 0.15) is 54.7 Å². The van der Waals surface area contributed by atoms with E-state index in [1.54, 1.807) is 4.90 Å². The lowest BCUT2D eigenvalue weighted by Crippen LogP contribution is -2.55. The van der Waals surface area contributed by atoms with Gasteiger partial charge in [0.25, 0.3) is 5.91 Å². The summed E-state index contributed by atoms with van der Waals surface area (Å²) >= 11 is 6.66. The van der Waals surface area contributed by atoms with Crippen LogP contribution in [0.5, 0.6) is 0 Å². The van der Waals surface area contributed by atoms with Crippen LogP contribution in [0, 0.1) is 0 Å². The Labute approximate surface area is 182 Å². The Balaban J connectivity index is 1.53. The van der Waals surface area contributed by atoms with Crippen LogP contribution >= 0.6 is 11.6 Å². The molecule has 1 aliphatic carbocycles. The minimum absolute atomic E-state index is 0.0402. The largest absolute Gasteiger partial charge is 0.449 e. The van der Waals surface area contributed by atoms with E-state index in [1.807, 2.05) is 36.9 Å². The Morgan fingerprint density at radius 3 is 2.80 bits per heavy atom. The zero-order chi connectivity index (χ0) is 21.3. The predicted octanol–water partition coefficient (Wildman–Crippen LogP) is 4.46. The second-order valence-electron chi connectivity index (χ2n) is 8.20. The van der Waals surface area contributed by atoms with Crippen LogP contribution in [0.3, 0.4) is 0 Å². The average molecular weight is 430 g/mol. The highest BCUT2D eigenvalue weighted by Gasteiger charge is 2.31. The van der Waals surface area contributed by atoms with Crippen molar-refractivity contribution in [3.8, 4) is 0 Å². The van der Waals surface area contributed by atoms with Gasteiger partial charge in [0, 0.05) is 42.3 Å². The van der Waals surface area contributed by atoms with Crippen molar-refractivity contribution in [2.75, 3.05) is 26.2 Å². The van der Waals surface area contributed by atoms with Crippen LogP contribution in [-0.2, 0) is 17.6 Å². The lowest BCUT2D eigenvalue weighted by atomic mass is 9.94. The molecule has 7 heteroatoms. The fourth-order valence-electron chi connectivity index (χ4n) is 4.37. The lowest BCUT2D eigenvalue weighted by Gasteiger charge is -2.39. The molecule has 1 unspecified atom stereocenters. The van der Waals surface area contributed by atoms with Crippen molar-refractivity contribution in [3.05, 3.63) is 40.0 Å². The van der Waals surface area contributed by atoms with Gasteiger partial charge in [-0.3, -0.25) is 9.78 Å². The first-order valence-corrected chi connectivity index (χ1v) is 11.2. The fourth-order valence-corrected chi connectivity index (χ4v) is 4.73. The number of hydrogen-bond donors (Lipinski definition) is 0. The molecule has 30 heavy (non-hydrogen) atoms. The standard InChI is InChI=1S/C23H28ClN3O3/c1-3-12-30-23(29)26-10-11-27(15(2)14-26)22(28)16-8-9-18-20(13-16)25-19-7-5-4-6-17(19)21(18)24/h8-9,13,15H,3-7,10-12,14H2,1-2H3. The summed E-state index contributed by atoms with van der Waals surface area (Å²) in [7, 11) is 0. The summed E-state index contributed by atoms with van der Waals surface area (Å²) in [6.07, 6.45) is 4.68. The summed E-state index contributed by atoms with van der Waals surface area (Å²) in [5, 5.41) is 1.69. The maximum Gasteiger partial charge on any atom is 0.409 e. The van der Waals surface area contributed by atoms with Crippen LogP contribution in [-0.4, -0.2) is 59.1 Å². The van der Waals surface area contributed by atoms with Crippen molar-refractivity contribution in [3.63, 3.8) is 0 Å². The molecule has 0 bridgehead atoms. The molecule has 6 nitrogen and oxygen atoms in total. The number of benzene rings is 1. The SMILES string of the molecule is CCCOC(=O)N1CCN(C(=O)c2ccc3c(Cl)c4c(nc3c2)CCCC4)C(C)C1. The normalized spacial score (nSPS) is 19.0. The van der Waals surface area contributed by atoms with Crippen LogP contribution in [0.25, 0.3) is 10.9 Å². The number of hydrogen-bond acceptors (Lipinski definition) is 4. The Morgan fingerprint density at radius 1 is 1.23 bits per heavy atom. The van der Waals surface area contributed by atoms with Gasteiger partial charge in [-0.05, 0) is 56.7 Å². The zero-order valence-electron chi connectivity index (χ0n) is 17.6. The summed E-state index contributed by atoms with van der Waals surface area (Å²) in [5.41, 5.74) is 3.61. The van der Waals surface area contributed by atoms with Gasteiger partial charge in [0.1, 0.15) is 0 Å². The molecule has 2 heterocycles. The predicted molar refractivity (Wildman–Crippen MR) is 117 cm³/mol. The summed E-state index contributed by atoms with van der Waals surface area (Å²) in [4.78, 5) is 33.7. The molecule has 0 saturated carbocycles. The maximum atomic E-state index is 13.2. The van der Waals surface area contributed by atoms with E-state index in [-0.39, 0.29) is 18.0 Å².